The molecule has 0 radical (unpaired) electrons. The Morgan fingerprint density at radius 1 is 1.18 bits per heavy atom. The lowest BCUT2D eigenvalue weighted by atomic mass is 9.66. The van der Waals surface area contributed by atoms with Gasteiger partial charge < -0.3 is 9.84 Å². The van der Waals surface area contributed by atoms with Crippen LogP contribution in [0.3, 0.4) is 0 Å². The van der Waals surface area contributed by atoms with E-state index in [1.54, 1.807) is 7.11 Å². The molecule has 1 saturated heterocycles. The molecule has 2 aliphatic rings. The summed E-state index contributed by atoms with van der Waals surface area (Å²) in [6, 6.07) is 10.7. The third-order valence-electron chi connectivity index (χ3n) is 6.63. The molecule has 0 spiro atoms. The Bertz CT molecular complexity index is 795. The largest absolute Gasteiger partial charge is 0.497 e. The fraction of sp³-hybridized carbons (Fsp3) is 0.565. The van der Waals surface area contributed by atoms with E-state index in [2.05, 4.69) is 27.0 Å². The minimum absolute atomic E-state index is 0.319. The molecule has 4 rings (SSSR count). The number of hydrogen-bond acceptors (Lipinski definition) is 5. The molecule has 1 aliphatic carbocycles. The summed E-state index contributed by atoms with van der Waals surface area (Å²) in [5.74, 6) is 2.02. The Kier molecular flexibility index (Phi) is 5.65. The van der Waals surface area contributed by atoms with Crippen molar-refractivity contribution in [3.63, 3.8) is 0 Å². The summed E-state index contributed by atoms with van der Waals surface area (Å²) in [7, 11) is 1.70. The molecule has 5 heteroatoms. The van der Waals surface area contributed by atoms with Gasteiger partial charge in [0.15, 0.2) is 0 Å². The molecular weight excluding hydrogens is 350 g/mol. The van der Waals surface area contributed by atoms with E-state index in [0.29, 0.717) is 12.0 Å². The third kappa shape index (κ3) is 4.06. The Labute approximate surface area is 167 Å². The van der Waals surface area contributed by atoms with Gasteiger partial charge in [0, 0.05) is 31.2 Å². The van der Waals surface area contributed by atoms with Gasteiger partial charge in [-0.1, -0.05) is 25.0 Å². The number of rotatable bonds is 5. The number of benzene rings is 1. The van der Waals surface area contributed by atoms with E-state index in [4.69, 9.17) is 4.74 Å². The van der Waals surface area contributed by atoms with E-state index in [9.17, 15) is 5.11 Å². The summed E-state index contributed by atoms with van der Waals surface area (Å²) in [5.41, 5.74) is 1.85. The van der Waals surface area contributed by atoms with Crippen molar-refractivity contribution < 1.29 is 9.84 Å². The summed E-state index contributed by atoms with van der Waals surface area (Å²) in [5, 5.41) is 11.4. The maximum atomic E-state index is 11.4. The summed E-state index contributed by atoms with van der Waals surface area (Å²) in [6.45, 7) is 3.67. The second-order valence-corrected chi connectivity index (χ2v) is 8.39. The van der Waals surface area contributed by atoms with Crippen molar-refractivity contribution in [3.8, 4) is 5.75 Å². The maximum absolute atomic E-state index is 11.4. The Morgan fingerprint density at radius 2 is 2.00 bits per heavy atom. The van der Waals surface area contributed by atoms with Crippen LogP contribution in [0.15, 0.2) is 36.5 Å². The Balaban J connectivity index is 1.59. The molecule has 1 N–H and O–H groups in total. The Morgan fingerprint density at radius 3 is 2.75 bits per heavy atom. The maximum Gasteiger partial charge on any atom is 0.125 e. The lowest BCUT2D eigenvalue weighted by molar-refractivity contribution is -0.124. The van der Waals surface area contributed by atoms with Crippen LogP contribution in [-0.4, -0.2) is 45.3 Å². The highest BCUT2D eigenvalue weighted by atomic mass is 16.5. The van der Waals surface area contributed by atoms with Gasteiger partial charge in [-0.2, -0.15) is 0 Å². The number of nitrogens with zero attached hydrogens (tertiary/aromatic N) is 3. The molecule has 3 atom stereocenters. The molecule has 1 aliphatic heterocycles. The fourth-order valence-electron chi connectivity index (χ4n) is 5.14. The zero-order valence-corrected chi connectivity index (χ0v) is 17.0. The SMILES string of the molecule is COc1ccc(C[C@H]2[C@H]3CCCC[C@@]3(O)CCN2Cc2ccnc(C)n2)cc1. The first kappa shape index (κ1) is 19.3. The van der Waals surface area contributed by atoms with Crippen LogP contribution in [0.4, 0.5) is 0 Å². The van der Waals surface area contributed by atoms with Crippen LogP contribution in [0, 0.1) is 12.8 Å². The standard InChI is InChI=1S/C23H31N3O2/c1-17-24-13-10-19(25-17)16-26-14-12-23(27)11-4-3-5-21(23)22(26)15-18-6-8-20(28-2)9-7-18/h6-10,13,21-22,27H,3-5,11-12,14-16H2,1-2H3/t21-,22+,23-/m1/s1. The molecule has 28 heavy (non-hydrogen) atoms. The number of aliphatic hydroxyl groups is 1. The van der Waals surface area contributed by atoms with E-state index in [1.807, 2.05) is 31.3 Å². The minimum atomic E-state index is -0.506. The van der Waals surface area contributed by atoms with Gasteiger partial charge in [0.2, 0.25) is 0 Å². The van der Waals surface area contributed by atoms with Gasteiger partial charge in [-0.05, 0) is 56.4 Å². The van der Waals surface area contributed by atoms with Crippen LogP contribution in [-0.2, 0) is 13.0 Å². The van der Waals surface area contributed by atoms with Crippen molar-refractivity contribution in [2.24, 2.45) is 5.92 Å². The molecule has 150 valence electrons. The van der Waals surface area contributed by atoms with E-state index >= 15 is 0 Å². The third-order valence-corrected chi connectivity index (χ3v) is 6.63. The highest BCUT2D eigenvalue weighted by Crippen LogP contribution is 2.44. The number of methoxy groups -OCH3 is 1. The summed E-state index contributed by atoms with van der Waals surface area (Å²) in [4.78, 5) is 11.4. The van der Waals surface area contributed by atoms with Crippen LogP contribution < -0.4 is 4.74 Å². The second kappa shape index (κ2) is 8.18. The highest BCUT2D eigenvalue weighted by Gasteiger charge is 2.48. The van der Waals surface area contributed by atoms with Crippen LogP contribution in [0.1, 0.15) is 49.2 Å². The molecule has 2 heterocycles. The first-order chi connectivity index (χ1) is 13.6. The smallest absolute Gasteiger partial charge is 0.125 e. The predicted octanol–water partition coefficient (Wildman–Crippen LogP) is 3.53. The number of ether oxygens (including phenoxy) is 1. The van der Waals surface area contributed by atoms with Gasteiger partial charge in [-0.25, -0.2) is 9.97 Å². The van der Waals surface area contributed by atoms with Crippen LogP contribution >= 0.6 is 0 Å². The van der Waals surface area contributed by atoms with Crippen LogP contribution in [0.2, 0.25) is 0 Å². The topological polar surface area (TPSA) is 58.5 Å². The first-order valence-electron chi connectivity index (χ1n) is 10.5. The monoisotopic (exact) mass is 381 g/mol. The average molecular weight is 382 g/mol. The van der Waals surface area contributed by atoms with Gasteiger partial charge in [0.25, 0.3) is 0 Å². The summed E-state index contributed by atoms with van der Waals surface area (Å²) < 4.78 is 5.31. The number of aromatic nitrogens is 2. The minimum Gasteiger partial charge on any atom is -0.497 e. The van der Waals surface area contributed by atoms with E-state index < -0.39 is 5.60 Å². The summed E-state index contributed by atoms with van der Waals surface area (Å²) in [6.07, 6.45) is 8.06. The molecule has 2 fully saturated rings. The zero-order chi connectivity index (χ0) is 19.6. The van der Waals surface area contributed by atoms with E-state index in [0.717, 1.165) is 62.5 Å². The van der Waals surface area contributed by atoms with Gasteiger partial charge >= 0.3 is 0 Å². The lowest BCUT2D eigenvalue weighted by Crippen LogP contribution is -2.59. The molecular formula is C23H31N3O2. The van der Waals surface area contributed by atoms with Crippen molar-refractivity contribution in [3.05, 3.63) is 53.6 Å². The van der Waals surface area contributed by atoms with E-state index in [-0.39, 0.29) is 0 Å². The van der Waals surface area contributed by atoms with Gasteiger partial charge in [0.1, 0.15) is 11.6 Å². The first-order valence-corrected chi connectivity index (χ1v) is 10.5. The second-order valence-electron chi connectivity index (χ2n) is 8.39. The molecule has 2 aromatic rings. The number of likely N-dealkylation sites (tertiary alicyclic amines) is 1. The average Bonchev–Trinajstić information content (AvgIpc) is 2.70. The number of piperidine rings is 1. The molecule has 0 unspecified atom stereocenters. The van der Waals surface area contributed by atoms with Crippen molar-refractivity contribution in [1.29, 1.82) is 0 Å². The summed E-state index contributed by atoms with van der Waals surface area (Å²) >= 11 is 0. The van der Waals surface area contributed by atoms with Crippen molar-refractivity contribution in [2.75, 3.05) is 13.7 Å². The zero-order valence-electron chi connectivity index (χ0n) is 17.0. The quantitative estimate of drug-likeness (QED) is 0.859. The lowest BCUT2D eigenvalue weighted by Gasteiger charge is -2.52. The van der Waals surface area contributed by atoms with E-state index in [1.165, 1.54) is 12.0 Å². The van der Waals surface area contributed by atoms with Crippen molar-refractivity contribution in [1.82, 2.24) is 14.9 Å². The highest BCUT2D eigenvalue weighted by molar-refractivity contribution is 5.28. The molecule has 5 nitrogen and oxygen atoms in total. The fourth-order valence-corrected chi connectivity index (χ4v) is 5.14. The van der Waals surface area contributed by atoms with Crippen molar-refractivity contribution >= 4 is 0 Å². The van der Waals surface area contributed by atoms with Gasteiger partial charge in [-0.15, -0.1) is 0 Å². The molecule has 1 saturated carbocycles. The molecule has 1 aromatic carbocycles. The number of hydrogen-bond donors (Lipinski definition) is 1. The van der Waals surface area contributed by atoms with Gasteiger partial charge in [0.05, 0.1) is 18.4 Å². The number of fused-ring (bicyclic) bond motifs is 1. The molecule has 0 bridgehead atoms. The normalized spacial score (nSPS) is 28.0. The molecule has 1 aromatic heterocycles. The van der Waals surface area contributed by atoms with Crippen molar-refractivity contribution in [2.45, 2.75) is 63.6 Å². The number of aryl methyl sites for hydroxylation is 1. The van der Waals surface area contributed by atoms with Crippen LogP contribution in [0.25, 0.3) is 0 Å². The van der Waals surface area contributed by atoms with Crippen LogP contribution in [0.5, 0.6) is 5.75 Å². The Hall–Kier alpha value is -1.98. The predicted molar refractivity (Wildman–Crippen MR) is 109 cm³/mol. The molecule has 0 amide bonds. The van der Waals surface area contributed by atoms with Gasteiger partial charge in [-0.3, -0.25) is 4.90 Å².